The highest BCUT2D eigenvalue weighted by atomic mass is 16.5. The summed E-state index contributed by atoms with van der Waals surface area (Å²) in [7, 11) is 6.42. The molecule has 0 atom stereocenters. The zero-order valence-electron chi connectivity index (χ0n) is 32.0. The van der Waals surface area contributed by atoms with Crippen molar-refractivity contribution in [2.45, 2.75) is 0 Å². The van der Waals surface area contributed by atoms with E-state index in [0.717, 1.165) is 33.3 Å². The Morgan fingerprint density at radius 3 is 1.03 bits per heavy atom. The van der Waals surface area contributed by atoms with Crippen molar-refractivity contribution in [3.63, 3.8) is 0 Å². The molecule has 9 rings (SSSR count). The van der Waals surface area contributed by atoms with Gasteiger partial charge in [-0.05, 0) is 107 Å². The molecule has 2 aliphatic rings. The van der Waals surface area contributed by atoms with E-state index in [9.17, 15) is 9.59 Å². The molecular weight excluding hydrogens is 729 g/mol. The molecule has 2 aliphatic heterocycles. The Bertz CT molecular complexity index is 2810. The lowest BCUT2D eigenvalue weighted by Crippen LogP contribution is -2.09. The molecule has 0 saturated heterocycles. The lowest BCUT2D eigenvalue weighted by Gasteiger charge is -2.08. The average Bonchev–Trinajstić information content (AvgIpc) is 4.09. The summed E-state index contributed by atoms with van der Waals surface area (Å²) in [5.41, 5.74) is 9.41. The van der Waals surface area contributed by atoms with E-state index in [2.05, 4.69) is 9.97 Å². The van der Waals surface area contributed by atoms with Crippen molar-refractivity contribution in [1.29, 1.82) is 0 Å². The van der Waals surface area contributed by atoms with Crippen LogP contribution in [-0.4, -0.2) is 59.9 Å². The van der Waals surface area contributed by atoms with Gasteiger partial charge in [0.05, 0.1) is 39.8 Å². The molecule has 4 aromatic carbocycles. The highest BCUT2D eigenvalue weighted by molar-refractivity contribution is 6.52. The number of aromatic nitrogens is 4. The number of aromatic amines is 2. The number of H-pyrrole nitrogens is 2. The second-order valence-corrected chi connectivity index (χ2v) is 13.7. The average molecular weight is 765 g/mol. The SMILES string of the molecule is COc1cccc(-c2c3nc(c(-c4cccc(OC)c4)c4ccc([nH]4)c(-c4cccc(OC)c4)c4nc(c(-c5cccc(OC)c5)c5ccc2[nH]5)C(=O)C4=O)C=C3)c1. The Balaban J connectivity index is 1.51. The quantitative estimate of drug-likeness (QED) is 0.146. The van der Waals surface area contributed by atoms with Gasteiger partial charge in [-0.15, -0.1) is 0 Å². The molecule has 0 radical (unpaired) electrons. The fourth-order valence-corrected chi connectivity index (χ4v) is 7.62. The van der Waals surface area contributed by atoms with E-state index in [1.54, 1.807) is 28.4 Å². The van der Waals surface area contributed by atoms with Gasteiger partial charge in [0, 0.05) is 44.3 Å². The number of hydrogen-bond donors (Lipinski definition) is 2. The maximum Gasteiger partial charge on any atom is 0.254 e. The number of nitrogens with zero attached hydrogens (tertiary/aromatic N) is 2. The minimum atomic E-state index is -0.733. The van der Waals surface area contributed by atoms with Gasteiger partial charge in [-0.2, -0.15) is 0 Å². The number of nitrogens with one attached hydrogen (secondary N) is 2. The number of methoxy groups -OCH3 is 4. The van der Waals surface area contributed by atoms with Crippen LogP contribution >= 0.6 is 0 Å². The third kappa shape index (κ3) is 6.26. The van der Waals surface area contributed by atoms with Crippen molar-refractivity contribution in [2.75, 3.05) is 28.4 Å². The number of ether oxygens (including phenoxy) is 4. The van der Waals surface area contributed by atoms with Crippen molar-refractivity contribution in [3.05, 3.63) is 144 Å². The minimum absolute atomic E-state index is 0.00112. The van der Waals surface area contributed by atoms with E-state index in [1.807, 2.05) is 133 Å². The van der Waals surface area contributed by atoms with Crippen LogP contribution in [0, 0.1) is 0 Å². The fourth-order valence-electron chi connectivity index (χ4n) is 7.62. The molecule has 0 unspecified atom stereocenters. The predicted molar refractivity (Wildman–Crippen MR) is 227 cm³/mol. The normalized spacial score (nSPS) is 12.1. The molecule has 10 nitrogen and oxygen atoms in total. The number of Topliss-reactive ketones (excluding diaryl/α,β-unsaturated/α-hetero) is 2. The first kappa shape index (κ1) is 35.9. The van der Waals surface area contributed by atoms with Gasteiger partial charge >= 0.3 is 0 Å². The molecule has 0 spiro atoms. The molecule has 7 aromatic rings. The topological polar surface area (TPSA) is 128 Å². The summed E-state index contributed by atoms with van der Waals surface area (Å²) in [5.74, 6) is 1.04. The zero-order chi connectivity index (χ0) is 39.9. The van der Waals surface area contributed by atoms with Crippen LogP contribution in [0.1, 0.15) is 32.4 Å². The molecule has 3 aromatic heterocycles. The summed E-state index contributed by atoms with van der Waals surface area (Å²) in [6.07, 6.45) is 3.99. The van der Waals surface area contributed by atoms with E-state index in [-0.39, 0.29) is 11.4 Å². The van der Waals surface area contributed by atoms with Gasteiger partial charge in [0.2, 0.25) is 0 Å². The second-order valence-electron chi connectivity index (χ2n) is 13.7. The molecule has 2 N–H and O–H groups in total. The molecular formula is C48H36N4O6. The predicted octanol–water partition coefficient (Wildman–Crippen LogP) is 10.3. The molecule has 5 heterocycles. The molecule has 10 heteroatoms. The summed E-state index contributed by atoms with van der Waals surface area (Å²) in [4.78, 5) is 46.3. The molecule has 8 bridgehead atoms. The maximum atomic E-state index is 14.4. The summed E-state index contributed by atoms with van der Waals surface area (Å²) >= 11 is 0. The maximum absolute atomic E-state index is 14.4. The van der Waals surface area contributed by atoms with Gasteiger partial charge in [-0.3, -0.25) is 9.59 Å². The van der Waals surface area contributed by atoms with Crippen LogP contribution in [0.5, 0.6) is 23.0 Å². The summed E-state index contributed by atoms with van der Waals surface area (Å²) in [6.45, 7) is 0. The van der Waals surface area contributed by atoms with Gasteiger partial charge < -0.3 is 28.9 Å². The van der Waals surface area contributed by atoms with Crippen LogP contribution in [0.2, 0.25) is 0 Å². The highest BCUT2D eigenvalue weighted by Crippen LogP contribution is 2.40. The van der Waals surface area contributed by atoms with E-state index in [0.29, 0.717) is 67.7 Å². The Labute approximate surface area is 333 Å². The van der Waals surface area contributed by atoms with Crippen LogP contribution in [-0.2, 0) is 0 Å². The number of ketones is 2. The van der Waals surface area contributed by atoms with E-state index >= 15 is 0 Å². The van der Waals surface area contributed by atoms with Crippen LogP contribution < -0.4 is 18.9 Å². The third-order valence-corrected chi connectivity index (χ3v) is 10.4. The van der Waals surface area contributed by atoms with Crippen LogP contribution in [0.25, 0.3) is 78.7 Å². The Morgan fingerprint density at radius 1 is 0.397 bits per heavy atom. The van der Waals surface area contributed by atoms with Gasteiger partial charge in [-0.25, -0.2) is 9.97 Å². The van der Waals surface area contributed by atoms with Crippen molar-refractivity contribution >= 4 is 45.8 Å². The second kappa shape index (κ2) is 14.7. The van der Waals surface area contributed by atoms with Crippen molar-refractivity contribution in [1.82, 2.24) is 19.9 Å². The first-order valence-corrected chi connectivity index (χ1v) is 18.5. The highest BCUT2D eigenvalue weighted by Gasteiger charge is 2.34. The van der Waals surface area contributed by atoms with E-state index in [1.165, 1.54) is 0 Å². The Hall–Kier alpha value is -7.72. The van der Waals surface area contributed by atoms with Crippen molar-refractivity contribution < 1.29 is 28.5 Å². The Morgan fingerprint density at radius 2 is 0.707 bits per heavy atom. The van der Waals surface area contributed by atoms with Crippen LogP contribution in [0.4, 0.5) is 0 Å². The summed E-state index contributed by atoms with van der Waals surface area (Å²) in [5, 5.41) is 0. The van der Waals surface area contributed by atoms with E-state index < -0.39 is 11.6 Å². The summed E-state index contributed by atoms with van der Waals surface area (Å²) < 4.78 is 22.5. The molecule has 284 valence electrons. The number of fused-ring (bicyclic) bond motifs is 8. The molecule has 0 amide bonds. The minimum Gasteiger partial charge on any atom is -0.497 e. The van der Waals surface area contributed by atoms with Crippen LogP contribution in [0.3, 0.4) is 0 Å². The smallest absolute Gasteiger partial charge is 0.254 e. The standard InChI is InChI=1S/C48H36N4O6/c1-55-31-13-5-9-27(23-31)41-35-17-18-36(49-35)42(28-10-6-14-32(24-28)56-2)38-20-22-40(51-38)44(30-12-8-16-34(26-30)58-4)46-48(54)47(53)45(52-46)43(39-21-19-37(41)50-39)29-11-7-15-33(25-29)57-3/h5-26,50-51H,1-4H3. The summed E-state index contributed by atoms with van der Waals surface area (Å²) in [6, 6.07) is 37.9. The third-order valence-electron chi connectivity index (χ3n) is 10.4. The molecule has 0 aliphatic carbocycles. The first-order valence-electron chi connectivity index (χ1n) is 18.5. The van der Waals surface area contributed by atoms with Crippen molar-refractivity contribution in [2.24, 2.45) is 0 Å². The number of rotatable bonds is 8. The fraction of sp³-hybridized carbons (Fsp3) is 0.0833. The van der Waals surface area contributed by atoms with Gasteiger partial charge in [0.15, 0.2) is 0 Å². The number of hydrogen-bond acceptors (Lipinski definition) is 8. The lowest BCUT2D eigenvalue weighted by molar-refractivity contribution is 0.0826. The van der Waals surface area contributed by atoms with Crippen LogP contribution in [0.15, 0.2) is 121 Å². The molecule has 58 heavy (non-hydrogen) atoms. The number of carbonyl (C=O) groups is 2. The van der Waals surface area contributed by atoms with Gasteiger partial charge in [-0.1, -0.05) is 48.5 Å². The Kier molecular flexibility index (Phi) is 9.14. The number of benzene rings is 4. The first-order chi connectivity index (χ1) is 28.4. The largest absolute Gasteiger partial charge is 0.497 e. The zero-order valence-corrected chi connectivity index (χ0v) is 32.0. The lowest BCUT2D eigenvalue weighted by atomic mass is 9.99. The van der Waals surface area contributed by atoms with Gasteiger partial charge in [0.1, 0.15) is 34.4 Å². The monoisotopic (exact) mass is 764 g/mol. The number of carbonyl (C=O) groups excluding carboxylic acids is 2. The molecule has 0 fully saturated rings. The van der Waals surface area contributed by atoms with Gasteiger partial charge in [0.25, 0.3) is 11.6 Å². The molecule has 0 saturated carbocycles. The van der Waals surface area contributed by atoms with Crippen molar-refractivity contribution in [3.8, 4) is 67.5 Å². The van der Waals surface area contributed by atoms with E-state index in [4.69, 9.17) is 28.9 Å².